The number of pyridine rings is 1. The van der Waals surface area contributed by atoms with Gasteiger partial charge in [0.25, 0.3) is 5.91 Å². The Morgan fingerprint density at radius 2 is 2.05 bits per heavy atom. The maximum atomic E-state index is 12.8. The monoisotopic (exact) mass is 300 g/mol. The van der Waals surface area contributed by atoms with Gasteiger partial charge in [0.05, 0.1) is 16.6 Å². The van der Waals surface area contributed by atoms with Gasteiger partial charge in [0.2, 0.25) is 0 Å². The lowest BCUT2D eigenvalue weighted by Crippen LogP contribution is -2.32. The molecule has 0 saturated heterocycles. The predicted molar refractivity (Wildman–Crippen MR) is 87.1 cm³/mol. The smallest absolute Gasteiger partial charge is 0.252 e. The Morgan fingerprint density at radius 3 is 2.68 bits per heavy atom. The molecule has 2 aromatic rings. The zero-order valence-electron chi connectivity index (χ0n) is 13.8. The van der Waals surface area contributed by atoms with E-state index in [9.17, 15) is 4.79 Å². The summed E-state index contributed by atoms with van der Waals surface area (Å²) in [5.41, 5.74) is 3.30. The first-order valence-electron chi connectivity index (χ1n) is 8.12. The molecule has 118 valence electrons. The summed E-state index contributed by atoms with van der Waals surface area (Å²) in [7, 11) is 1.88. The normalized spacial score (nSPS) is 15.9. The fourth-order valence-corrected chi connectivity index (χ4v) is 3.27. The fourth-order valence-electron chi connectivity index (χ4n) is 3.27. The Hall–Kier alpha value is -1.91. The molecule has 5 heteroatoms. The molecule has 0 spiro atoms. The molecule has 5 nitrogen and oxygen atoms in total. The van der Waals surface area contributed by atoms with E-state index in [0.717, 1.165) is 35.3 Å². The predicted octanol–water partition coefficient (Wildman–Crippen LogP) is 3.07. The summed E-state index contributed by atoms with van der Waals surface area (Å²) in [4.78, 5) is 17.5. The van der Waals surface area contributed by atoms with Crippen LogP contribution in [0.2, 0.25) is 0 Å². The quantitative estimate of drug-likeness (QED) is 0.947. The molecule has 0 radical (unpaired) electrons. The van der Waals surface area contributed by atoms with Gasteiger partial charge in [0.15, 0.2) is 5.65 Å². The number of carbonyl (C=O) groups is 1. The van der Waals surface area contributed by atoms with Crippen molar-refractivity contribution in [2.45, 2.75) is 58.4 Å². The van der Waals surface area contributed by atoms with E-state index >= 15 is 0 Å². The highest BCUT2D eigenvalue weighted by atomic mass is 16.1. The fraction of sp³-hybridized carbons (Fsp3) is 0.588. The van der Waals surface area contributed by atoms with Gasteiger partial charge in [-0.05, 0) is 31.7 Å². The lowest BCUT2D eigenvalue weighted by molar-refractivity contribution is 0.0939. The van der Waals surface area contributed by atoms with Crippen LogP contribution in [0.4, 0.5) is 0 Å². The summed E-state index contributed by atoms with van der Waals surface area (Å²) in [6, 6.07) is 2.25. The molecule has 0 bridgehead atoms. The maximum absolute atomic E-state index is 12.8. The summed E-state index contributed by atoms with van der Waals surface area (Å²) in [6.45, 7) is 6.12. The Morgan fingerprint density at radius 1 is 1.36 bits per heavy atom. The van der Waals surface area contributed by atoms with E-state index in [1.54, 1.807) is 4.68 Å². The number of amides is 1. The van der Waals surface area contributed by atoms with Crippen LogP contribution < -0.4 is 5.32 Å². The number of nitrogens with one attached hydrogen (secondary N) is 1. The topological polar surface area (TPSA) is 59.8 Å². The number of nitrogens with zero attached hydrogens (tertiary/aromatic N) is 3. The van der Waals surface area contributed by atoms with Gasteiger partial charge in [0.1, 0.15) is 0 Å². The average Bonchev–Trinajstić information content (AvgIpc) is 3.07. The van der Waals surface area contributed by atoms with Crippen molar-refractivity contribution in [2.24, 2.45) is 7.05 Å². The summed E-state index contributed by atoms with van der Waals surface area (Å²) >= 11 is 0. The molecule has 1 fully saturated rings. The van der Waals surface area contributed by atoms with Crippen molar-refractivity contribution in [2.75, 3.05) is 0 Å². The van der Waals surface area contributed by atoms with Crippen LogP contribution in [-0.2, 0) is 7.05 Å². The van der Waals surface area contributed by atoms with Gasteiger partial charge in [-0.1, -0.05) is 26.7 Å². The van der Waals surface area contributed by atoms with Crippen molar-refractivity contribution in [3.63, 3.8) is 0 Å². The Balaban J connectivity index is 2.07. The summed E-state index contributed by atoms with van der Waals surface area (Å²) in [5, 5.41) is 8.50. The molecule has 0 unspecified atom stereocenters. The maximum Gasteiger partial charge on any atom is 0.252 e. The van der Waals surface area contributed by atoms with Crippen molar-refractivity contribution in [1.82, 2.24) is 20.1 Å². The second-order valence-corrected chi connectivity index (χ2v) is 6.61. The van der Waals surface area contributed by atoms with Gasteiger partial charge in [-0.25, -0.2) is 4.98 Å². The first kappa shape index (κ1) is 15.0. The molecule has 1 amide bonds. The first-order valence-corrected chi connectivity index (χ1v) is 8.12. The Labute approximate surface area is 131 Å². The number of fused-ring (bicyclic) bond motifs is 1. The van der Waals surface area contributed by atoms with Gasteiger partial charge in [-0.2, -0.15) is 5.10 Å². The van der Waals surface area contributed by atoms with E-state index in [1.807, 2.05) is 20.0 Å². The van der Waals surface area contributed by atoms with Crippen LogP contribution in [0.25, 0.3) is 11.0 Å². The van der Waals surface area contributed by atoms with E-state index in [2.05, 4.69) is 24.3 Å². The standard InChI is InChI=1S/C17H24N4O/c1-10(2)14-9-13(17(22)18-12-7-5-6-8-12)15-11(3)20-21(4)16(15)19-14/h9-10,12H,5-8H2,1-4H3,(H,18,22). The van der Waals surface area contributed by atoms with Gasteiger partial charge in [0, 0.05) is 18.8 Å². The molecule has 1 N–H and O–H groups in total. The van der Waals surface area contributed by atoms with E-state index in [4.69, 9.17) is 4.98 Å². The first-order chi connectivity index (χ1) is 10.5. The minimum Gasteiger partial charge on any atom is -0.349 e. The molecule has 2 aromatic heterocycles. The van der Waals surface area contributed by atoms with Crippen molar-refractivity contribution in [3.8, 4) is 0 Å². The summed E-state index contributed by atoms with van der Waals surface area (Å²) in [6.07, 6.45) is 4.59. The lowest BCUT2D eigenvalue weighted by atomic mass is 10.0. The van der Waals surface area contributed by atoms with E-state index in [-0.39, 0.29) is 11.8 Å². The second kappa shape index (κ2) is 5.71. The minimum atomic E-state index is 0.0114. The van der Waals surface area contributed by atoms with Crippen LogP contribution in [0.1, 0.15) is 67.2 Å². The molecule has 1 aliphatic rings. The molecule has 2 heterocycles. The third-order valence-electron chi connectivity index (χ3n) is 4.52. The molecule has 22 heavy (non-hydrogen) atoms. The van der Waals surface area contributed by atoms with E-state index < -0.39 is 0 Å². The lowest BCUT2D eigenvalue weighted by Gasteiger charge is -2.14. The molecular formula is C17H24N4O. The Bertz CT molecular complexity index is 711. The van der Waals surface area contributed by atoms with Crippen LogP contribution >= 0.6 is 0 Å². The van der Waals surface area contributed by atoms with Gasteiger partial charge < -0.3 is 5.32 Å². The highest BCUT2D eigenvalue weighted by molar-refractivity contribution is 6.06. The number of rotatable bonds is 3. The largest absolute Gasteiger partial charge is 0.349 e. The van der Waals surface area contributed by atoms with Crippen molar-refractivity contribution < 1.29 is 4.79 Å². The third kappa shape index (κ3) is 2.60. The highest BCUT2D eigenvalue weighted by Gasteiger charge is 2.23. The van der Waals surface area contributed by atoms with Crippen LogP contribution in [0, 0.1) is 6.92 Å². The number of hydrogen-bond donors (Lipinski definition) is 1. The van der Waals surface area contributed by atoms with Crippen molar-refractivity contribution in [1.29, 1.82) is 0 Å². The molecule has 1 saturated carbocycles. The van der Waals surface area contributed by atoms with Gasteiger partial charge in [-0.3, -0.25) is 9.48 Å². The van der Waals surface area contributed by atoms with Crippen LogP contribution in [0.15, 0.2) is 6.07 Å². The minimum absolute atomic E-state index is 0.0114. The van der Waals surface area contributed by atoms with Crippen LogP contribution in [-0.4, -0.2) is 26.7 Å². The van der Waals surface area contributed by atoms with Crippen LogP contribution in [0.5, 0.6) is 0 Å². The molecule has 3 rings (SSSR count). The Kier molecular flexibility index (Phi) is 3.89. The SMILES string of the molecule is Cc1nn(C)c2nc(C(C)C)cc(C(=O)NC3CCCC3)c12. The highest BCUT2D eigenvalue weighted by Crippen LogP contribution is 2.26. The molecule has 0 aliphatic heterocycles. The molecule has 1 aliphatic carbocycles. The molecule has 0 atom stereocenters. The molecule has 0 aromatic carbocycles. The van der Waals surface area contributed by atoms with Gasteiger partial charge >= 0.3 is 0 Å². The van der Waals surface area contributed by atoms with Gasteiger partial charge in [-0.15, -0.1) is 0 Å². The van der Waals surface area contributed by atoms with Crippen molar-refractivity contribution >= 4 is 16.9 Å². The van der Waals surface area contributed by atoms with E-state index in [1.165, 1.54) is 12.8 Å². The second-order valence-electron chi connectivity index (χ2n) is 6.61. The zero-order chi connectivity index (χ0) is 15.9. The van der Waals surface area contributed by atoms with Crippen molar-refractivity contribution in [3.05, 3.63) is 23.0 Å². The number of aromatic nitrogens is 3. The number of hydrogen-bond acceptors (Lipinski definition) is 3. The zero-order valence-corrected chi connectivity index (χ0v) is 13.8. The number of aryl methyl sites for hydroxylation is 2. The molecular weight excluding hydrogens is 276 g/mol. The average molecular weight is 300 g/mol. The number of carbonyl (C=O) groups excluding carboxylic acids is 1. The van der Waals surface area contributed by atoms with E-state index in [0.29, 0.717) is 11.6 Å². The summed E-state index contributed by atoms with van der Waals surface area (Å²) in [5.74, 6) is 0.287. The summed E-state index contributed by atoms with van der Waals surface area (Å²) < 4.78 is 1.77. The van der Waals surface area contributed by atoms with Crippen LogP contribution in [0.3, 0.4) is 0 Å². The third-order valence-corrected chi connectivity index (χ3v) is 4.52.